The molecule has 0 spiro atoms. The van der Waals surface area contributed by atoms with Gasteiger partial charge < -0.3 is 4.74 Å². The molecule has 0 saturated carbocycles. The van der Waals surface area contributed by atoms with Gasteiger partial charge in [0, 0.05) is 17.5 Å². The summed E-state index contributed by atoms with van der Waals surface area (Å²) in [6.45, 7) is 5.37. The molecular weight excluding hydrogens is 364 g/mol. The second-order valence-electron chi connectivity index (χ2n) is 8.42. The molecule has 4 heteroatoms. The molecule has 150 valence electrons. The highest BCUT2D eigenvalue weighted by atomic mass is 16.6. The van der Waals surface area contributed by atoms with Crippen molar-refractivity contribution in [1.29, 1.82) is 0 Å². The van der Waals surface area contributed by atoms with Crippen molar-refractivity contribution in [1.82, 2.24) is 0 Å². The predicted octanol–water partition coefficient (Wildman–Crippen LogP) is 4.97. The van der Waals surface area contributed by atoms with Gasteiger partial charge in [-0.25, -0.2) is 0 Å². The Morgan fingerprint density at radius 3 is 2.31 bits per heavy atom. The van der Waals surface area contributed by atoms with E-state index in [2.05, 4.69) is 0 Å². The van der Waals surface area contributed by atoms with Crippen molar-refractivity contribution in [2.75, 3.05) is 0 Å². The van der Waals surface area contributed by atoms with E-state index in [0.29, 0.717) is 17.5 Å². The molecule has 3 rings (SSSR count). The summed E-state index contributed by atoms with van der Waals surface area (Å²) in [5.74, 6) is -0.721. The fourth-order valence-corrected chi connectivity index (χ4v) is 3.56. The highest BCUT2D eigenvalue weighted by Gasteiger charge is 2.52. The molecule has 29 heavy (non-hydrogen) atoms. The molecular formula is C25H26O4. The fraction of sp³-hybridized carbons (Fsp3) is 0.320. The number of esters is 1. The predicted molar refractivity (Wildman–Crippen MR) is 112 cm³/mol. The minimum Gasteiger partial charge on any atom is -0.459 e. The van der Waals surface area contributed by atoms with Crippen molar-refractivity contribution in [2.24, 2.45) is 5.41 Å². The van der Waals surface area contributed by atoms with Crippen LogP contribution in [0.4, 0.5) is 0 Å². The van der Waals surface area contributed by atoms with E-state index in [1.165, 1.54) is 0 Å². The maximum atomic E-state index is 13.2. The van der Waals surface area contributed by atoms with Crippen LogP contribution in [0, 0.1) is 5.41 Å². The number of benzene rings is 2. The van der Waals surface area contributed by atoms with Gasteiger partial charge in [0.15, 0.2) is 11.6 Å². The Hall–Kier alpha value is -3.01. The Bertz CT molecular complexity index is 950. The zero-order valence-corrected chi connectivity index (χ0v) is 17.1. The van der Waals surface area contributed by atoms with Crippen LogP contribution in [-0.4, -0.2) is 23.1 Å². The normalized spacial score (nSPS) is 18.7. The van der Waals surface area contributed by atoms with Gasteiger partial charge >= 0.3 is 5.97 Å². The Morgan fingerprint density at radius 2 is 1.66 bits per heavy atom. The molecule has 0 N–H and O–H groups in total. The Morgan fingerprint density at radius 1 is 1.00 bits per heavy atom. The van der Waals surface area contributed by atoms with Crippen LogP contribution in [0.15, 0.2) is 66.7 Å². The molecule has 0 heterocycles. The van der Waals surface area contributed by atoms with Crippen LogP contribution in [-0.2, 0) is 16.0 Å². The lowest BCUT2D eigenvalue weighted by Crippen LogP contribution is -2.42. The van der Waals surface area contributed by atoms with E-state index >= 15 is 0 Å². The highest BCUT2D eigenvalue weighted by Crippen LogP contribution is 2.42. The van der Waals surface area contributed by atoms with Crippen molar-refractivity contribution in [3.63, 3.8) is 0 Å². The van der Waals surface area contributed by atoms with Crippen molar-refractivity contribution in [3.05, 3.63) is 83.4 Å². The van der Waals surface area contributed by atoms with Crippen molar-refractivity contribution in [3.8, 4) is 0 Å². The van der Waals surface area contributed by atoms with Gasteiger partial charge in [-0.15, -0.1) is 0 Å². The van der Waals surface area contributed by atoms with Crippen LogP contribution in [0.1, 0.15) is 59.9 Å². The minimum atomic E-state index is -1.27. The largest absolute Gasteiger partial charge is 0.459 e. The first-order chi connectivity index (χ1) is 13.7. The number of rotatable bonds is 6. The number of Topliss-reactive ketones (excluding diaryl/α,β-unsaturated/α-hetero) is 2. The molecule has 1 atom stereocenters. The van der Waals surface area contributed by atoms with Gasteiger partial charge in [0.25, 0.3) is 0 Å². The Balaban J connectivity index is 1.79. The molecule has 2 aromatic carbocycles. The lowest BCUT2D eigenvalue weighted by atomic mass is 9.80. The molecule has 4 nitrogen and oxygen atoms in total. The third kappa shape index (κ3) is 4.53. The SMILES string of the molecule is CC(C)(C)OC(=O)[C@]1(C/C=C/CC(=O)c2ccccc2)Cc2ccccc2C1=O. The molecule has 0 bridgehead atoms. The molecule has 0 radical (unpaired) electrons. The molecule has 0 fully saturated rings. The second kappa shape index (κ2) is 8.16. The molecule has 1 aliphatic carbocycles. The molecule has 0 unspecified atom stereocenters. The summed E-state index contributed by atoms with van der Waals surface area (Å²) < 4.78 is 5.61. The average molecular weight is 390 g/mol. The quantitative estimate of drug-likeness (QED) is 0.302. The summed E-state index contributed by atoms with van der Waals surface area (Å²) >= 11 is 0. The third-order valence-corrected chi connectivity index (χ3v) is 5.01. The topological polar surface area (TPSA) is 60.4 Å². The zero-order chi connectivity index (χ0) is 21.1. The molecule has 0 aromatic heterocycles. The van der Waals surface area contributed by atoms with E-state index in [4.69, 9.17) is 4.74 Å². The Kier molecular flexibility index (Phi) is 5.83. The first-order valence-electron chi connectivity index (χ1n) is 9.82. The van der Waals surface area contributed by atoms with Gasteiger partial charge in [-0.2, -0.15) is 0 Å². The van der Waals surface area contributed by atoms with E-state index in [1.54, 1.807) is 57.2 Å². The minimum absolute atomic E-state index is 0.00537. The summed E-state index contributed by atoms with van der Waals surface area (Å²) in [5.41, 5.74) is 0.114. The first kappa shape index (κ1) is 20.7. The number of carbonyl (C=O) groups excluding carboxylic acids is 3. The average Bonchev–Trinajstić information content (AvgIpc) is 2.98. The maximum absolute atomic E-state index is 13.2. The van der Waals surface area contributed by atoms with E-state index < -0.39 is 17.0 Å². The Labute approximate surface area is 171 Å². The van der Waals surface area contributed by atoms with Gasteiger partial charge in [-0.3, -0.25) is 14.4 Å². The van der Waals surface area contributed by atoms with Gasteiger partial charge in [-0.05, 0) is 39.2 Å². The monoisotopic (exact) mass is 390 g/mol. The van der Waals surface area contributed by atoms with Crippen molar-refractivity contribution in [2.45, 2.75) is 45.6 Å². The second-order valence-corrected chi connectivity index (χ2v) is 8.42. The van der Waals surface area contributed by atoms with E-state index in [0.717, 1.165) is 5.56 Å². The smallest absolute Gasteiger partial charge is 0.321 e. The van der Waals surface area contributed by atoms with Crippen LogP contribution in [0.3, 0.4) is 0 Å². The summed E-state index contributed by atoms with van der Waals surface area (Å²) in [6.07, 6.45) is 4.23. The van der Waals surface area contributed by atoms with Crippen molar-refractivity contribution >= 4 is 17.5 Å². The molecule has 0 amide bonds. The van der Waals surface area contributed by atoms with Crippen LogP contribution in [0.25, 0.3) is 0 Å². The first-order valence-corrected chi connectivity index (χ1v) is 9.82. The number of ketones is 2. The van der Waals surface area contributed by atoms with Crippen LogP contribution in [0.5, 0.6) is 0 Å². The van der Waals surface area contributed by atoms with Crippen molar-refractivity contribution < 1.29 is 19.1 Å². The van der Waals surface area contributed by atoms with Crippen LogP contribution < -0.4 is 0 Å². The van der Waals surface area contributed by atoms with Gasteiger partial charge in [0.05, 0.1) is 0 Å². The van der Waals surface area contributed by atoms with Gasteiger partial charge in [-0.1, -0.05) is 66.7 Å². The number of ether oxygens (including phenoxy) is 1. The maximum Gasteiger partial charge on any atom is 0.321 e. The summed E-state index contributed by atoms with van der Waals surface area (Å²) in [7, 11) is 0. The number of hydrogen-bond acceptors (Lipinski definition) is 4. The molecule has 0 saturated heterocycles. The molecule has 0 aliphatic heterocycles. The molecule has 1 aliphatic rings. The van der Waals surface area contributed by atoms with Crippen LogP contribution in [0.2, 0.25) is 0 Å². The third-order valence-electron chi connectivity index (χ3n) is 5.01. The fourth-order valence-electron chi connectivity index (χ4n) is 3.56. The highest BCUT2D eigenvalue weighted by molar-refractivity contribution is 6.16. The van der Waals surface area contributed by atoms with E-state index in [9.17, 15) is 14.4 Å². The van der Waals surface area contributed by atoms with Gasteiger partial charge in [0.1, 0.15) is 11.0 Å². The number of fused-ring (bicyclic) bond motifs is 1. The van der Waals surface area contributed by atoms with Crippen LogP contribution >= 0.6 is 0 Å². The lowest BCUT2D eigenvalue weighted by Gasteiger charge is -2.29. The van der Waals surface area contributed by atoms with E-state index in [-0.39, 0.29) is 24.4 Å². The molecule has 2 aromatic rings. The summed E-state index contributed by atoms with van der Waals surface area (Å²) in [6, 6.07) is 16.4. The zero-order valence-electron chi connectivity index (χ0n) is 17.1. The number of allylic oxidation sites excluding steroid dienone is 2. The lowest BCUT2D eigenvalue weighted by molar-refractivity contribution is -0.164. The number of carbonyl (C=O) groups is 3. The standard InChI is InChI=1S/C25H26O4/c1-24(2,3)29-23(28)25(17-19-13-7-8-14-20(19)22(25)27)16-10-9-15-21(26)18-11-5-4-6-12-18/h4-14H,15-17H2,1-3H3/b10-9+/t25-/m1/s1. The van der Waals surface area contributed by atoms with E-state index in [1.807, 2.05) is 30.3 Å². The summed E-state index contributed by atoms with van der Waals surface area (Å²) in [4.78, 5) is 38.5. The summed E-state index contributed by atoms with van der Waals surface area (Å²) in [5, 5.41) is 0. The van der Waals surface area contributed by atoms with Gasteiger partial charge in [0.2, 0.25) is 0 Å². The number of hydrogen-bond donors (Lipinski definition) is 0.